The molecule has 6 aromatic carbocycles. The first-order chi connectivity index (χ1) is 25.6. The van der Waals surface area contributed by atoms with Crippen LogP contribution in [0.15, 0.2) is 158 Å². The van der Waals surface area contributed by atoms with Crippen LogP contribution in [-0.2, 0) is 41.3 Å². The summed E-state index contributed by atoms with van der Waals surface area (Å²) < 4.78 is 20.2. The van der Waals surface area contributed by atoms with Gasteiger partial charge in [-0.1, -0.05) is 151 Å². The maximum absolute atomic E-state index is 7.64. The Morgan fingerprint density at radius 2 is 0.755 bits per heavy atom. The van der Waals surface area contributed by atoms with E-state index in [1.165, 1.54) is 33.4 Å². The van der Waals surface area contributed by atoms with Crippen molar-refractivity contribution in [1.29, 1.82) is 0 Å². The molecule has 0 N–H and O–H groups in total. The Kier molecular flexibility index (Phi) is 12.2. The van der Waals surface area contributed by atoms with Crippen molar-refractivity contribution >= 4 is 0 Å². The summed E-state index contributed by atoms with van der Waals surface area (Å²) >= 11 is 0. The number of rotatable bonds is 16. The molecule has 0 heterocycles. The van der Waals surface area contributed by atoms with E-state index in [-0.39, 0.29) is 23.0 Å². The highest BCUT2D eigenvalue weighted by molar-refractivity contribution is 5.38. The zero-order valence-corrected chi connectivity index (χ0v) is 32.2. The topological polar surface area (TPSA) is 27.7 Å². The molecular formula is C50H54O3. The van der Waals surface area contributed by atoms with Crippen LogP contribution in [-0.4, -0.2) is 12.2 Å². The number of benzene rings is 6. The second kappa shape index (κ2) is 17.1. The number of ether oxygens (including phenoxy) is 3. The lowest BCUT2D eigenvalue weighted by molar-refractivity contribution is -0.0753. The molecular weight excluding hydrogens is 649 g/mol. The summed E-state index contributed by atoms with van der Waals surface area (Å²) in [5.74, 6) is 3.28. The number of hydrogen-bond donors (Lipinski definition) is 0. The van der Waals surface area contributed by atoms with Gasteiger partial charge in [0.2, 0.25) is 0 Å². The van der Waals surface area contributed by atoms with Crippen LogP contribution >= 0.6 is 0 Å². The molecule has 0 saturated heterocycles. The first-order valence-corrected chi connectivity index (χ1v) is 19.1. The highest BCUT2D eigenvalue weighted by Crippen LogP contribution is 2.39. The van der Waals surface area contributed by atoms with Gasteiger partial charge in [0.25, 0.3) is 0 Å². The van der Waals surface area contributed by atoms with Crippen LogP contribution in [0.2, 0.25) is 0 Å². The molecule has 2 atom stereocenters. The summed E-state index contributed by atoms with van der Waals surface area (Å²) in [6, 6.07) is 55.1. The summed E-state index contributed by atoms with van der Waals surface area (Å²) in [6.07, 6.45) is 3.12. The summed E-state index contributed by atoms with van der Waals surface area (Å²) in [6.45, 7) is 13.7. The maximum atomic E-state index is 7.64. The van der Waals surface area contributed by atoms with Crippen LogP contribution in [0, 0.1) is 0 Å². The smallest absolute Gasteiger partial charge is 0.127 e. The van der Waals surface area contributed by atoms with Crippen molar-refractivity contribution in [2.75, 3.05) is 0 Å². The van der Waals surface area contributed by atoms with Crippen molar-refractivity contribution in [3.8, 4) is 23.0 Å². The molecule has 3 nitrogen and oxygen atoms in total. The average Bonchev–Trinajstić information content (AvgIpc) is 3.18. The van der Waals surface area contributed by atoms with Gasteiger partial charge in [-0.2, -0.15) is 0 Å². The Hall–Kier alpha value is -5.12. The Labute approximate surface area is 317 Å². The molecule has 2 unspecified atom stereocenters. The van der Waals surface area contributed by atoms with Crippen molar-refractivity contribution in [2.45, 2.75) is 90.3 Å². The van der Waals surface area contributed by atoms with Crippen LogP contribution in [0.5, 0.6) is 23.0 Å². The summed E-state index contributed by atoms with van der Waals surface area (Å²) in [5, 5.41) is 0. The van der Waals surface area contributed by atoms with E-state index in [1.807, 2.05) is 72.8 Å². The lowest BCUT2D eigenvalue weighted by Gasteiger charge is -2.43. The Bertz CT molecular complexity index is 1860. The minimum atomic E-state index is -0.318. The van der Waals surface area contributed by atoms with Crippen LogP contribution in [0.3, 0.4) is 0 Å². The summed E-state index contributed by atoms with van der Waals surface area (Å²) in [4.78, 5) is 0. The fourth-order valence-electron chi connectivity index (χ4n) is 7.01. The molecule has 53 heavy (non-hydrogen) atoms. The highest BCUT2D eigenvalue weighted by Gasteiger charge is 2.40. The van der Waals surface area contributed by atoms with Crippen LogP contribution in [0.4, 0.5) is 0 Å². The number of hydrogen-bond acceptors (Lipinski definition) is 3. The van der Waals surface area contributed by atoms with Gasteiger partial charge in [0.1, 0.15) is 23.0 Å². The molecule has 0 aliphatic rings. The predicted octanol–water partition coefficient (Wildman–Crippen LogP) is 12.9. The van der Waals surface area contributed by atoms with Gasteiger partial charge >= 0.3 is 0 Å². The van der Waals surface area contributed by atoms with Gasteiger partial charge in [-0.15, -0.1) is 0 Å². The Morgan fingerprint density at radius 3 is 1.11 bits per heavy atom. The molecule has 6 rings (SSSR count). The zero-order valence-electron chi connectivity index (χ0n) is 32.2. The van der Waals surface area contributed by atoms with Gasteiger partial charge in [-0.25, -0.2) is 0 Å². The molecule has 0 radical (unpaired) electrons. The highest BCUT2D eigenvalue weighted by atomic mass is 16.5. The van der Waals surface area contributed by atoms with Crippen LogP contribution in [0.1, 0.15) is 74.9 Å². The molecule has 272 valence electrons. The minimum absolute atomic E-state index is 0.162. The monoisotopic (exact) mass is 702 g/mol. The third-order valence-electron chi connectivity index (χ3n) is 10.7. The molecule has 0 aliphatic heterocycles. The fraction of sp³-hybridized carbons (Fsp3) is 0.280. The largest absolute Gasteiger partial charge is 0.457 e. The van der Waals surface area contributed by atoms with Crippen molar-refractivity contribution in [3.05, 3.63) is 191 Å². The van der Waals surface area contributed by atoms with Gasteiger partial charge in [-0.3, -0.25) is 0 Å². The quantitative estimate of drug-likeness (QED) is 0.100. The normalized spacial score (nSPS) is 12.9. The summed E-state index contributed by atoms with van der Waals surface area (Å²) in [5.41, 5.74) is 6.90. The molecule has 6 aromatic rings. The van der Waals surface area contributed by atoms with Crippen molar-refractivity contribution < 1.29 is 14.2 Å². The lowest BCUT2D eigenvalue weighted by atomic mass is 9.74. The fourth-order valence-corrected chi connectivity index (χ4v) is 7.01. The van der Waals surface area contributed by atoms with Crippen molar-refractivity contribution in [2.24, 2.45) is 0 Å². The second-order valence-corrected chi connectivity index (χ2v) is 15.2. The first kappa shape index (κ1) is 37.6. The molecule has 0 fully saturated rings. The van der Waals surface area contributed by atoms with Gasteiger partial charge in [0, 0.05) is 10.8 Å². The zero-order chi connectivity index (χ0) is 37.3. The van der Waals surface area contributed by atoms with E-state index in [2.05, 4.69) is 126 Å². The van der Waals surface area contributed by atoms with Crippen LogP contribution in [0.25, 0.3) is 0 Å². The van der Waals surface area contributed by atoms with E-state index in [0.717, 1.165) is 35.8 Å². The van der Waals surface area contributed by atoms with Crippen molar-refractivity contribution in [1.82, 2.24) is 0 Å². The van der Waals surface area contributed by atoms with E-state index >= 15 is 0 Å². The summed E-state index contributed by atoms with van der Waals surface area (Å²) in [7, 11) is 0. The minimum Gasteiger partial charge on any atom is -0.457 e. The van der Waals surface area contributed by atoms with Gasteiger partial charge in [0.15, 0.2) is 0 Å². The number of para-hydroxylation sites is 2. The van der Waals surface area contributed by atoms with E-state index in [4.69, 9.17) is 14.2 Å². The van der Waals surface area contributed by atoms with Gasteiger partial charge < -0.3 is 14.2 Å². The third-order valence-corrected chi connectivity index (χ3v) is 10.7. The van der Waals surface area contributed by atoms with E-state index in [0.29, 0.717) is 12.8 Å². The number of aryl methyl sites for hydroxylation is 2. The molecule has 0 bridgehead atoms. The molecule has 0 amide bonds. The second-order valence-electron chi connectivity index (χ2n) is 15.2. The molecule has 0 aromatic heterocycles. The lowest BCUT2D eigenvalue weighted by Crippen LogP contribution is -2.46. The van der Waals surface area contributed by atoms with E-state index in [9.17, 15) is 0 Å². The molecule has 0 spiro atoms. The predicted molar refractivity (Wildman–Crippen MR) is 220 cm³/mol. The SMILES string of the molecule is CCc1ccc(C(C)(C)C(Cc2cccc(Oc3ccccc3)c2)OC(Cc2cccc(Oc3ccccc3)c2)C(C)(C)c2ccc(CC)cc2)cc1. The van der Waals surface area contributed by atoms with Gasteiger partial charge in [0.05, 0.1) is 12.2 Å². The standard InChI is InChI=1S/C50H54O3/c1-7-37-25-29-41(30-26-37)49(3,4)47(35-39-17-15-23-45(33-39)51-43-19-11-9-12-20-43)53-48(50(5,6)42-31-27-38(8-2)28-32-42)36-40-18-16-24-46(34-40)52-44-21-13-10-14-22-44/h9-34,47-48H,7-8,35-36H2,1-6H3. The Morgan fingerprint density at radius 1 is 0.396 bits per heavy atom. The maximum Gasteiger partial charge on any atom is 0.127 e. The van der Waals surface area contributed by atoms with E-state index in [1.54, 1.807) is 0 Å². The molecule has 0 saturated carbocycles. The van der Waals surface area contributed by atoms with Crippen molar-refractivity contribution in [3.63, 3.8) is 0 Å². The van der Waals surface area contributed by atoms with Gasteiger partial charge in [-0.05, 0) is 108 Å². The molecule has 3 heteroatoms. The van der Waals surface area contributed by atoms with E-state index < -0.39 is 0 Å². The first-order valence-electron chi connectivity index (χ1n) is 19.1. The third kappa shape index (κ3) is 9.66. The average molecular weight is 703 g/mol. The van der Waals surface area contributed by atoms with Crippen LogP contribution < -0.4 is 9.47 Å². The Balaban J connectivity index is 1.38. The molecule has 0 aliphatic carbocycles.